The summed E-state index contributed by atoms with van der Waals surface area (Å²) in [5, 5.41) is 0. The van der Waals surface area contributed by atoms with Gasteiger partial charge in [-0.1, -0.05) is 11.8 Å². The van der Waals surface area contributed by atoms with Gasteiger partial charge in [-0.15, -0.1) is 4.37 Å². The first-order valence-corrected chi connectivity index (χ1v) is 8.18. The predicted molar refractivity (Wildman–Crippen MR) is 81.6 cm³/mol. The summed E-state index contributed by atoms with van der Waals surface area (Å²) in [5.74, 6) is 8.31. The van der Waals surface area contributed by atoms with Crippen molar-refractivity contribution in [3.05, 3.63) is 35.8 Å². The van der Waals surface area contributed by atoms with Gasteiger partial charge in [0.05, 0.1) is 11.7 Å². The van der Waals surface area contributed by atoms with Crippen LogP contribution in [0.25, 0.3) is 0 Å². The van der Waals surface area contributed by atoms with E-state index in [1.807, 2.05) is 12.1 Å². The molecule has 2 unspecified atom stereocenters. The topological polar surface area (TPSA) is 51.1 Å². The van der Waals surface area contributed by atoms with Gasteiger partial charge in [-0.05, 0) is 24.0 Å². The first-order valence-electron chi connectivity index (χ1n) is 7.45. The molecule has 5 nitrogen and oxygen atoms in total. The Kier molecular flexibility index (Phi) is 2.58. The molecule has 6 rings (SSSR count). The second-order valence-electron chi connectivity index (χ2n) is 6.20. The van der Waals surface area contributed by atoms with E-state index in [0.29, 0.717) is 12.5 Å². The fourth-order valence-electron chi connectivity index (χ4n) is 4.21. The third-order valence-electron chi connectivity index (χ3n) is 5.17. The number of aromatic nitrogens is 3. The van der Waals surface area contributed by atoms with Crippen LogP contribution in [-0.4, -0.2) is 44.9 Å². The molecule has 6 heteroatoms. The molecule has 4 fully saturated rings. The Bertz CT molecular complexity index is 766. The van der Waals surface area contributed by atoms with Crippen LogP contribution in [-0.2, 0) is 5.41 Å². The quantitative estimate of drug-likeness (QED) is 0.797. The van der Waals surface area contributed by atoms with Crippen molar-refractivity contribution in [1.82, 2.24) is 18.6 Å². The van der Waals surface area contributed by atoms with Crippen molar-refractivity contribution >= 4 is 11.7 Å². The average Bonchev–Trinajstić information content (AvgIpc) is 3.15. The summed E-state index contributed by atoms with van der Waals surface area (Å²) in [7, 11) is 0. The molecule has 0 radical (unpaired) electrons. The van der Waals surface area contributed by atoms with E-state index in [-0.39, 0.29) is 5.41 Å². The molecule has 0 N–H and O–H groups in total. The Morgan fingerprint density at radius 3 is 3.00 bits per heavy atom. The summed E-state index contributed by atoms with van der Waals surface area (Å²) in [6.45, 7) is 3.92. The van der Waals surface area contributed by atoms with Crippen LogP contribution in [0.2, 0.25) is 0 Å². The zero-order valence-corrected chi connectivity index (χ0v) is 12.7. The monoisotopic (exact) mass is 310 g/mol. The highest BCUT2D eigenvalue weighted by molar-refractivity contribution is 6.99. The van der Waals surface area contributed by atoms with Crippen molar-refractivity contribution < 1.29 is 4.74 Å². The molecular formula is C16H14N4OS. The molecule has 0 spiro atoms. The van der Waals surface area contributed by atoms with Crippen molar-refractivity contribution in [2.24, 2.45) is 11.8 Å². The molecule has 2 aromatic heterocycles. The summed E-state index contributed by atoms with van der Waals surface area (Å²) >= 11 is 1.25. The Morgan fingerprint density at radius 1 is 1.36 bits per heavy atom. The fourth-order valence-corrected chi connectivity index (χ4v) is 4.80. The lowest BCUT2D eigenvalue weighted by molar-refractivity contribution is 0.348. The van der Waals surface area contributed by atoms with Gasteiger partial charge in [-0.2, -0.15) is 4.37 Å². The SMILES string of the molecule is C(#Cc1cccnc1)COc1nsnc1C12CN3CC1C2C3. The second kappa shape index (κ2) is 4.51. The number of ether oxygens (including phenoxy) is 1. The summed E-state index contributed by atoms with van der Waals surface area (Å²) in [4.78, 5) is 6.57. The zero-order chi connectivity index (χ0) is 14.6. The van der Waals surface area contributed by atoms with Crippen LogP contribution in [0, 0.1) is 23.7 Å². The molecule has 5 heterocycles. The zero-order valence-electron chi connectivity index (χ0n) is 11.9. The van der Waals surface area contributed by atoms with Crippen LogP contribution in [0.3, 0.4) is 0 Å². The van der Waals surface area contributed by atoms with Crippen LogP contribution in [0.5, 0.6) is 5.88 Å². The van der Waals surface area contributed by atoms with E-state index in [9.17, 15) is 0 Å². The standard InChI is InChI=1S/C16H14N4OS/c1-3-11(7-17-5-1)4-2-6-21-15-14(18-22-19-15)16-10-20-8-12(16)13(16)9-20/h1,3,5,7,12-13H,6,8-10H2. The minimum atomic E-state index is 0.249. The number of hydrogen-bond acceptors (Lipinski definition) is 6. The highest BCUT2D eigenvalue weighted by Gasteiger charge is 2.76. The molecule has 110 valence electrons. The van der Waals surface area contributed by atoms with E-state index >= 15 is 0 Å². The first kappa shape index (κ1) is 12.6. The molecular weight excluding hydrogens is 296 g/mol. The predicted octanol–water partition coefficient (Wildman–Crippen LogP) is 1.18. The van der Waals surface area contributed by atoms with E-state index < -0.39 is 0 Å². The molecule has 2 atom stereocenters. The summed E-state index contributed by atoms with van der Waals surface area (Å²) in [5.41, 5.74) is 2.22. The average molecular weight is 310 g/mol. The van der Waals surface area contributed by atoms with E-state index in [1.54, 1.807) is 12.4 Å². The van der Waals surface area contributed by atoms with Crippen LogP contribution in [0.4, 0.5) is 0 Å². The minimum absolute atomic E-state index is 0.249. The highest BCUT2D eigenvalue weighted by Crippen LogP contribution is 2.70. The first-order chi connectivity index (χ1) is 10.9. The van der Waals surface area contributed by atoms with Crippen LogP contribution in [0.15, 0.2) is 24.5 Å². The van der Waals surface area contributed by atoms with Crippen LogP contribution < -0.4 is 4.74 Å². The lowest BCUT2D eigenvalue weighted by Gasteiger charge is -2.09. The molecule has 1 saturated carbocycles. The van der Waals surface area contributed by atoms with Crippen LogP contribution in [0.1, 0.15) is 11.3 Å². The Hall–Kier alpha value is -1.97. The number of rotatable bonds is 3. The van der Waals surface area contributed by atoms with E-state index in [2.05, 4.69) is 30.5 Å². The smallest absolute Gasteiger partial charge is 0.250 e. The van der Waals surface area contributed by atoms with Crippen molar-refractivity contribution in [2.45, 2.75) is 5.41 Å². The third kappa shape index (κ3) is 1.67. The van der Waals surface area contributed by atoms with Gasteiger partial charge >= 0.3 is 0 Å². The van der Waals surface area contributed by atoms with Crippen molar-refractivity contribution in [3.8, 4) is 17.7 Å². The normalized spacial score (nSPS) is 33.4. The number of piperidine rings is 3. The maximum Gasteiger partial charge on any atom is 0.250 e. The lowest BCUT2D eigenvalue weighted by atomic mass is 10.0. The minimum Gasteiger partial charge on any atom is -0.463 e. The molecule has 1 aliphatic carbocycles. The number of pyridine rings is 1. The number of nitrogens with zero attached hydrogens (tertiary/aromatic N) is 4. The largest absolute Gasteiger partial charge is 0.463 e. The fraction of sp³-hybridized carbons (Fsp3) is 0.438. The van der Waals surface area contributed by atoms with Gasteiger partial charge in [-0.25, -0.2) is 0 Å². The summed E-state index contributed by atoms with van der Waals surface area (Å²) in [6, 6.07) is 3.81. The molecule has 3 saturated heterocycles. The van der Waals surface area contributed by atoms with E-state index in [1.165, 1.54) is 24.8 Å². The third-order valence-corrected chi connectivity index (χ3v) is 5.68. The van der Waals surface area contributed by atoms with Gasteiger partial charge in [0, 0.05) is 43.0 Å². The molecule has 0 amide bonds. The second-order valence-corrected chi connectivity index (χ2v) is 6.73. The van der Waals surface area contributed by atoms with Gasteiger partial charge in [0.2, 0.25) is 0 Å². The van der Waals surface area contributed by atoms with E-state index in [0.717, 1.165) is 29.6 Å². The van der Waals surface area contributed by atoms with Crippen molar-refractivity contribution in [3.63, 3.8) is 0 Å². The Balaban J connectivity index is 1.30. The van der Waals surface area contributed by atoms with Gasteiger partial charge in [0.25, 0.3) is 5.88 Å². The highest BCUT2D eigenvalue weighted by atomic mass is 32.1. The molecule has 4 bridgehead atoms. The van der Waals surface area contributed by atoms with Gasteiger partial charge in [-0.3, -0.25) is 4.98 Å². The van der Waals surface area contributed by atoms with Gasteiger partial charge < -0.3 is 9.64 Å². The maximum absolute atomic E-state index is 5.79. The van der Waals surface area contributed by atoms with E-state index in [4.69, 9.17) is 4.74 Å². The van der Waals surface area contributed by atoms with Crippen LogP contribution >= 0.6 is 11.7 Å². The van der Waals surface area contributed by atoms with Crippen molar-refractivity contribution in [1.29, 1.82) is 0 Å². The van der Waals surface area contributed by atoms with Gasteiger partial charge in [0.15, 0.2) is 6.61 Å². The Morgan fingerprint density at radius 2 is 2.27 bits per heavy atom. The maximum atomic E-state index is 5.79. The molecule has 22 heavy (non-hydrogen) atoms. The molecule has 3 aliphatic heterocycles. The summed E-state index contributed by atoms with van der Waals surface area (Å²) in [6.07, 6.45) is 3.49. The molecule has 4 aliphatic rings. The molecule has 2 aromatic rings. The molecule has 0 aromatic carbocycles. The summed E-state index contributed by atoms with van der Waals surface area (Å²) < 4.78 is 14.7. The number of hydrogen-bond donors (Lipinski definition) is 0. The lowest BCUT2D eigenvalue weighted by Crippen LogP contribution is -2.17. The van der Waals surface area contributed by atoms with Gasteiger partial charge in [0.1, 0.15) is 5.69 Å². The van der Waals surface area contributed by atoms with Crippen molar-refractivity contribution in [2.75, 3.05) is 26.2 Å². The Labute approximate surface area is 132 Å².